The number of thiophene rings is 1. The van der Waals surface area contributed by atoms with E-state index in [9.17, 15) is 9.18 Å². The number of amides is 1. The number of hydrogen-bond acceptors (Lipinski definition) is 3. The normalized spacial score (nSPS) is 10.9. The lowest BCUT2D eigenvalue weighted by Gasteiger charge is -2.04. The van der Waals surface area contributed by atoms with Gasteiger partial charge in [0.25, 0.3) is 5.91 Å². The first-order chi connectivity index (χ1) is 9.65. The molecule has 0 bridgehead atoms. The summed E-state index contributed by atoms with van der Waals surface area (Å²) in [6.07, 6.45) is 2.48. The summed E-state index contributed by atoms with van der Waals surface area (Å²) in [5.74, 6) is -0.426. The molecular formula is C15H18FNO2S. The van der Waals surface area contributed by atoms with Gasteiger partial charge in [0.2, 0.25) is 0 Å². The minimum Gasteiger partial charge on any atom is -0.396 e. The van der Waals surface area contributed by atoms with Gasteiger partial charge >= 0.3 is 0 Å². The highest BCUT2D eigenvalue weighted by molar-refractivity contribution is 7.21. The molecule has 20 heavy (non-hydrogen) atoms. The molecule has 108 valence electrons. The fourth-order valence-electron chi connectivity index (χ4n) is 2.17. The van der Waals surface area contributed by atoms with Crippen molar-refractivity contribution in [2.75, 3.05) is 13.2 Å². The van der Waals surface area contributed by atoms with E-state index in [0.29, 0.717) is 22.4 Å². The molecule has 5 heteroatoms. The van der Waals surface area contributed by atoms with Crippen LogP contribution in [0.25, 0.3) is 10.1 Å². The van der Waals surface area contributed by atoms with Crippen LogP contribution >= 0.6 is 11.3 Å². The molecular weight excluding hydrogens is 277 g/mol. The largest absolute Gasteiger partial charge is 0.396 e. The zero-order valence-corrected chi connectivity index (χ0v) is 12.2. The maximum absolute atomic E-state index is 13.8. The van der Waals surface area contributed by atoms with Gasteiger partial charge in [-0.3, -0.25) is 4.79 Å². The van der Waals surface area contributed by atoms with Crippen molar-refractivity contribution in [2.24, 2.45) is 0 Å². The van der Waals surface area contributed by atoms with Crippen LogP contribution in [-0.2, 0) is 0 Å². The Morgan fingerprint density at radius 1 is 1.35 bits per heavy atom. The number of halogens is 1. The lowest BCUT2D eigenvalue weighted by Crippen LogP contribution is -2.24. The molecule has 1 heterocycles. The summed E-state index contributed by atoms with van der Waals surface area (Å²) in [6, 6.07) is 4.90. The zero-order chi connectivity index (χ0) is 14.5. The van der Waals surface area contributed by atoms with Crippen molar-refractivity contribution >= 4 is 27.3 Å². The van der Waals surface area contributed by atoms with E-state index in [0.717, 1.165) is 24.0 Å². The Bertz CT molecular complexity index is 609. The number of carbonyl (C=O) groups is 1. The molecule has 0 atom stereocenters. The molecule has 1 aromatic carbocycles. The molecule has 0 spiro atoms. The summed E-state index contributed by atoms with van der Waals surface area (Å²) in [4.78, 5) is 12.7. The summed E-state index contributed by atoms with van der Waals surface area (Å²) in [7, 11) is 0. The fourth-order valence-corrected chi connectivity index (χ4v) is 3.30. The summed E-state index contributed by atoms with van der Waals surface area (Å²) >= 11 is 1.32. The zero-order valence-electron chi connectivity index (χ0n) is 11.4. The predicted octanol–water partition coefficient (Wildman–Crippen LogP) is 3.24. The second-order valence-corrected chi connectivity index (χ2v) is 5.76. The third-order valence-corrected chi connectivity index (χ3v) is 4.49. The van der Waals surface area contributed by atoms with Crippen molar-refractivity contribution in [3.05, 3.63) is 34.5 Å². The van der Waals surface area contributed by atoms with Crippen LogP contribution in [0.3, 0.4) is 0 Å². The van der Waals surface area contributed by atoms with Crippen LogP contribution in [-0.4, -0.2) is 24.2 Å². The number of benzene rings is 1. The third kappa shape index (κ3) is 3.16. The van der Waals surface area contributed by atoms with Crippen molar-refractivity contribution in [2.45, 2.75) is 26.2 Å². The van der Waals surface area contributed by atoms with Gasteiger partial charge in [-0.25, -0.2) is 4.39 Å². The first kappa shape index (κ1) is 14.9. The van der Waals surface area contributed by atoms with Crippen molar-refractivity contribution in [1.82, 2.24) is 5.32 Å². The molecule has 0 aliphatic carbocycles. The second-order valence-electron chi connectivity index (χ2n) is 4.71. The van der Waals surface area contributed by atoms with E-state index in [1.165, 1.54) is 17.4 Å². The molecule has 0 radical (unpaired) electrons. The number of nitrogens with one attached hydrogen (secondary N) is 1. The highest BCUT2D eigenvalue weighted by atomic mass is 32.1. The summed E-state index contributed by atoms with van der Waals surface area (Å²) in [5.41, 5.74) is 0.705. The minimum absolute atomic E-state index is 0.146. The molecule has 0 fully saturated rings. The molecule has 0 saturated carbocycles. The first-order valence-corrected chi connectivity index (χ1v) is 7.53. The average molecular weight is 295 g/mol. The Balaban J connectivity index is 2.07. The summed E-state index contributed by atoms with van der Waals surface area (Å²) in [6.45, 7) is 2.54. The predicted molar refractivity (Wildman–Crippen MR) is 79.8 cm³/mol. The molecule has 1 amide bonds. The fraction of sp³-hybridized carbons (Fsp3) is 0.400. The number of aryl methyl sites for hydroxylation is 1. The van der Waals surface area contributed by atoms with Gasteiger partial charge in [-0.1, -0.05) is 6.07 Å². The van der Waals surface area contributed by atoms with E-state index in [4.69, 9.17) is 5.11 Å². The van der Waals surface area contributed by atoms with Gasteiger partial charge in [0.05, 0.1) is 4.88 Å². The van der Waals surface area contributed by atoms with Crippen molar-refractivity contribution in [3.8, 4) is 0 Å². The first-order valence-electron chi connectivity index (χ1n) is 6.72. The van der Waals surface area contributed by atoms with E-state index in [2.05, 4.69) is 5.32 Å². The van der Waals surface area contributed by atoms with Gasteiger partial charge in [0.1, 0.15) is 5.82 Å². The van der Waals surface area contributed by atoms with E-state index in [1.54, 1.807) is 13.0 Å². The van der Waals surface area contributed by atoms with Gasteiger partial charge in [0, 0.05) is 23.2 Å². The van der Waals surface area contributed by atoms with Crippen molar-refractivity contribution in [1.29, 1.82) is 0 Å². The Morgan fingerprint density at radius 2 is 2.15 bits per heavy atom. The van der Waals surface area contributed by atoms with Gasteiger partial charge in [-0.05, 0) is 43.9 Å². The molecule has 3 nitrogen and oxygen atoms in total. The highest BCUT2D eigenvalue weighted by Gasteiger charge is 2.17. The number of rotatable bonds is 6. The van der Waals surface area contributed by atoms with Crippen LogP contribution in [0.5, 0.6) is 0 Å². The van der Waals surface area contributed by atoms with Gasteiger partial charge in [0.15, 0.2) is 0 Å². The molecule has 0 aliphatic heterocycles. The highest BCUT2D eigenvalue weighted by Crippen LogP contribution is 2.32. The monoisotopic (exact) mass is 295 g/mol. The van der Waals surface area contributed by atoms with Crippen LogP contribution in [0, 0.1) is 12.7 Å². The van der Waals surface area contributed by atoms with Crippen LogP contribution < -0.4 is 5.32 Å². The number of unbranched alkanes of at least 4 members (excludes halogenated alkanes) is 2. The second kappa shape index (κ2) is 6.81. The Hall–Kier alpha value is -1.46. The molecule has 0 aliphatic rings. The minimum atomic E-state index is -0.279. The standard InChI is InChI=1S/C15H18FNO2S/c1-10-13-11(16)6-5-7-12(13)20-14(10)15(19)17-8-3-2-4-9-18/h5-7,18H,2-4,8-9H2,1H3,(H,17,19). The molecule has 1 aromatic heterocycles. The molecule has 0 unspecified atom stereocenters. The summed E-state index contributed by atoms with van der Waals surface area (Å²) in [5, 5.41) is 12.1. The Morgan fingerprint density at radius 3 is 2.85 bits per heavy atom. The van der Waals surface area contributed by atoms with Gasteiger partial charge < -0.3 is 10.4 Å². The van der Waals surface area contributed by atoms with Crippen LogP contribution in [0.2, 0.25) is 0 Å². The van der Waals surface area contributed by atoms with E-state index in [-0.39, 0.29) is 18.3 Å². The van der Waals surface area contributed by atoms with Gasteiger partial charge in [-0.2, -0.15) is 0 Å². The molecule has 2 rings (SSSR count). The van der Waals surface area contributed by atoms with Crippen molar-refractivity contribution in [3.63, 3.8) is 0 Å². The van der Waals surface area contributed by atoms with Crippen LogP contribution in [0.15, 0.2) is 18.2 Å². The topological polar surface area (TPSA) is 49.3 Å². The number of hydrogen-bond donors (Lipinski definition) is 2. The quantitative estimate of drug-likeness (QED) is 0.804. The lowest BCUT2D eigenvalue weighted by atomic mass is 10.1. The van der Waals surface area contributed by atoms with Crippen LogP contribution in [0.1, 0.15) is 34.5 Å². The molecule has 0 saturated heterocycles. The number of fused-ring (bicyclic) bond motifs is 1. The number of carbonyl (C=O) groups excluding carboxylic acids is 1. The number of aliphatic hydroxyl groups excluding tert-OH is 1. The van der Waals surface area contributed by atoms with E-state index < -0.39 is 0 Å². The van der Waals surface area contributed by atoms with Crippen molar-refractivity contribution < 1.29 is 14.3 Å². The van der Waals surface area contributed by atoms with E-state index >= 15 is 0 Å². The van der Waals surface area contributed by atoms with E-state index in [1.807, 2.05) is 6.07 Å². The molecule has 2 N–H and O–H groups in total. The molecule has 2 aromatic rings. The maximum Gasteiger partial charge on any atom is 0.261 e. The maximum atomic E-state index is 13.8. The van der Waals surface area contributed by atoms with Gasteiger partial charge in [-0.15, -0.1) is 11.3 Å². The summed E-state index contributed by atoms with van der Waals surface area (Å²) < 4.78 is 14.6. The SMILES string of the molecule is Cc1c(C(=O)NCCCCCO)sc2cccc(F)c12. The Kier molecular flexibility index (Phi) is 5.09. The number of aliphatic hydroxyl groups is 1. The Labute approximate surface area is 121 Å². The van der Waals surface area contributed by atoms with Crippen LogP contribution in [0.4, 0.5) is 4.39 Å². The average Bonchev–Trinajstić information content (AvgIpc) is 2.77. The lowest BCUT2D eigenvalue weighted by molar-refractivity contribution is 0.0956. The smallest absolute Gasteiger partial charge is 0.261 e. The third-order valence-electron chi connectivity index (χ3n) is 3.23.